The van der Waals surface area contributed by atoms with Crippen molar-refractivity contribution in [2.75, 3.05) is 13.2 Å². The summed E-state index contributed by atoms with van der Waals surface area (Å²) in [7, 11) is 1.89. The van der Waals surface area contributed by atoms with Gasteiger partial charge in [-0.3, -0.25) is 4.79 Å². The second-order valence-electron chi connectivity index (χ2n) is 6.17. The van der Waals surface area contributed by atoms with Crippen molar-refractivity contribution in [3.63, 3.8) is 0 Å². The highest BCUT2D eigenvalue weighted by molar-refractivity contribution is 9.10. The van der Waals surface area contributed by atoms with Crippen LogP contribution in [0.5, 0.6) is 5.75 Å². The van der Waals surface area contributed by atoms with Crippen LogP contribution in [0.3, 0.4) is 0 Å². The molecule has 0 aliphatic heterocycles. The molecule has 7 nitrogen and oxygen atoms in total. The monoisotopic (exact) mass is 477 g/mol. The smallest absolute Gasteiger partial charge is 0.340 e. The molecule has 0 radical (unpaired) electrons. The molecule has 0 saturated heterocycles. The van der Waals surface area contributed by atoms with E-state index in [1.807, 2.05) is 36.1 Å². The quantitative estimate of drug-likeness (QED) is 0.316. The Morgan fingerprint density at radius 1 is 1.34 bits per heavy atom. The number of thiophene rings is 1. The summed E-state index contributed by atoms with van der Waals surface area (Å²) >= 11 is 4.86. The number of benzene rings is 1. The number of esters is 1. The standard InChI is InChI=1S/C20H20BrN3O4S/c1-4-27-20(26)19-12(2)24(3)17-6-5-14(8-16(17)19)28-10-18(25)23-22-9-15-7-13(21)11-29-15/h5-9,11H,4,10H2,1-3H3,(H,23,25). The number of rotatable bonds is 7. The lowest BCUT2D eigenvalue weighted by molar-refractivity contribution is -0.123. The summed E-state index contributed by atoms with van der Waals surface area (Å²) in [6, 6.07) is 7.25. The molecule has 3 aromatic rings. The van der Waals surface area contributed by atoms with Crippen LogP contribution >= 0.6 is 27.3 Å². The third kappa shape index (κ3) is 4.86. The Balaban J connectivity index is 1.68. The van der Waals surface area contributed by atoms with E-state index >= 15 is 0 Å². The first-order valence-corrected chi connectivity index (χ1v) is 10.5. The van der Waals surface area contributed by atoms with E-state index in [-0.39, 0.29) is 18.5 Å². The molecule has 1 N–H and O–H groups in total. The second-order valence-corrected chi connectivity index (χ2v) is 8.03. The Morgan fingerprint density at radius 2 is 2.14 bits per heavy atom. The number of aryl methyl sites for hydroxylation is 1. The minimum Gasteiger partial charge on any atom is -0.484 e. The van der Waals surface area contributed by atoms with Crippen molar-refractivity contribution in [3.8, 4) is 5.75 Å². The fourth-order valence-electron chi connectivity index (χ4n) is 2.85. The van der Waals surface area contributed by atoms with E-state index in [2.05, 4.69) is 26.5 Å². The predicted molar refractivity (Wildman–Crippen MR) is 117 cm³/mol. The number of nitrogens with zero attached hydrogens (tertiary/aromatic N) is 2. The first-order valence-electron chi connectivity index (χ1n) is 8.85. The number of amides is 1. The number of halogens is 1. The number of hydrogen-bond donors (Lipinski definition) is 1. The van der Waals surface area contributed by atoms with Crippen molar-refractivity contribution in [2.45, 2.75) is 13.8 Å². The van der Waals surface area contributed by atoms with Crippen LogP contribution in [-0.4, -0.2) is 35.9 Å². The number of carbonyl (C=O) groups excluding carboxylic acids is 2. The summed E-state index contributed by atoms with van der Waals surface area (Å²) in [5.74, 6) is -0.276. The summed E-state index contributed by atoms with van der Waals surface area (Å²) < 4.78 is 13.6. The maximum Gasteiger partial charge on any atom is 0.340 e. The molecule has 0 unspecified atom stereocenters. The van der Waals surface area contributed by atoms with E-state index in [4.69, 9.17) is 9.47 Å². The van der Waals surface area contributed by atoms with Crippen LogP contribution < -0.4 is 10.2 Å². The fraction of sp³-hybridized carbons (Fsp3) is 0.250. The SMILES string of the molecule is CCOC(=O)c1c(C)n(C)c2ccc(OCC(=O)NN=Cc3cc(Br)cs3)cc12. The Bertz CT molecular complexity index is 1090. The molecule has 0 spiro atoms. The summed E-state index contributed by atoms with van der Waals surface area (Å²) in [5, 5.41) is 6.56. The van der Waals surface area contributed by atoms with E-state index in [0.29, 0.717) is 17.9 Å². The van der Waals surface area contributed by atoms with Gasteiger partial charge in [-0.15, -0.1) is 11.3 Å². The van der Waals surface area contributed by atoms with Gasteiger partial charge in [0.1, 0.15) is 5.75 Å². The van der Waals surface area contributed by atoms with Crippen LogP contribution in [0.15, 0.2) is 39.2 Å². The molecule has 0 aliphatic carbocycles. The largest absolute Gasteiger partial charge is 0.484 e. The Labute approximate surface area is 180 Å². The molecule has 0 fully saturated rings. The zero-order valence-electron chi connectivity index (χ0n) is 16.2. The van der Waals surface area contributed by atoms with Crippen molar-refractivity contribution in [2.24, 2.45) is 12.1 Å². The predicted octanol–water partition coefficient (Wildman–Crippen LogP) is 4.02. The van der Waals surface area contributed by atoms with Crippen LogP contribution in [0.25, 0.3) is 10.9 Å². The van der Waals surface area contributed by atoms with Gasteiger partial charge in [0.2, 0.25) is 0 Å². The first-order chi connectivity index (χ1) is 13.9. The number of fused-ring (bicyclic) bond motifs is 1. The number of nitrogens with one attached hydrogen (secondary N) is 1. The summed E-state index contributed by atoms with van der Waals surface area (Å²) in [6.45, 7) is 3.74. The van der Waals surface area contributed by atoms with E-state index in [1.54, 1.807) is 25.3 Å². The van der Waals surface area contributed by atoms with Gasteiger partial charge in [0.15, 0.2) is 6.61 Å². The average molecular weight is 478 g/mol. The molecule has 0 aliphatic rings. The zero-order valence-corrected chi connectivity index (χ0v) is 18.6. The summed E-state index contributed by atoms with van der Waals surface area (Å²) in [4.78, 5) is 25.2. The van der Waals surface area contributed by atoms with Crippen molar-refractivity contribution >= 4 is 56.3 Å². The Hall–Kier alpha value is -2.65. The van der Waals surface area contributed by atoms with Gasteiger partial charge >= 0.3 is 5.97 Å². The molecule has 2 heterocycles. The molecule has 2 aromatic heterocycles. The normalized spacial score (nSPS) is 11.2. The third-order valence-corrected chi connectivity index (χ3v) is 5.91. The van der Waals surface area contributed by atoms with Gasteiger partial charge in [-0.05, 0) is 54.0 Å². The topological polar surface area (TPSA) is 81.9 Å². The van der Waals surface area contributed by atoms with Gasteiger partial charge in [0, 0.05) is 38.4 Å². The van der Waals surface area contributed by atoms with Gasteiger partial charge in [0.05, 0.1) is 18.4 Å². The summed E-state index contributed by atoms with van der Waals surface area (Å²) in [5.41, 5.74) is 4.62. The molecule has 29 heavy (non-hydrogen) atoms. The highest BCUT2D eigenvalue weighted by Gasteiger charge is 2.20. The molecule has 0 bridgehead atoms. The molecule has 1 amide bonds. The number of ether oxygens (including phenoxy) is 2. The maximum atomic E-state index is 12.3. The van der Waals surface area contributed by atoms with Crippen LogP contribution in [-0.2, 0) is 16.6 Å². The Morgan fingerprint density at radius 3 is 2.83 bits per heavy atom. The van der Waals surface area contributed by atoms with Gasteiger partial charge in [0.25, 0.3) is 5.91 Å². The van der Waals surface area contributed by atoms with Crippen LogP contribution in [0.4, 0.5) is 0 Å². The minimum absolute atomic E-state index is 0.197. The molecule has 0 atom stereocenters. The lowest BCUT2D eigenvalue weighted by Gasteiger charge is -2.06. The molecule has 9 heteroatoms. The summed E-state index contributed by atoms with van der Waals surface area (Å²) in [6.07, 6.45) is 1.57. The zero-order chi connectivity index (χ0) is 21.0. The van der Waals surface area contributed by atoms with E-state index in [0.717, 1.165) is 25.9 Å². The van der Waals surface area contributed by atoms with Gasteiger partial charge in [-0.25, -0.2) is 10.2 Å². The van der Waals surface area contributed by atoms with Crippen molar-refractivity contribution in [1.29, 1.82) is 0 Å². The highest BCUT2D eigenvalue weighted by atomic mass is 79.9. The van der Waals surface area contributed by atoms with Crippen LogP contribution in [0.1, 0.15) is 27.9 Å². The average Bonchev–Trinajstić information content (AvgIpc) is 3.21. The van der Waals surface area contributed by atoms with Crippen molar-refractivity contribution in [3.05, 3.63) is 50.3 Å². The molecule has 152 valence electrons. The van der Waals surface area contributed by atoms with E-state index in [1.165, 1.54) is 11.3 Å². The first kappa shape index (κ1) is 21.1. The molecule has 3 rings (SSSR count). The third-order valence-electron chi connectivity index (χ3n) is 4.28. The van der Waals surface area contributed by atoms with Gasteiger partial charge in [-0.2, -0.15) is 5.10 Å². The number of hydrogen-bond acceptors (Lipinski definition) is 6. The number of hydrazone groups is 1. The van der Waals surface area contributed by atoms with Crippen molar-refractivity contribution in [1.82, 2.24) is 9.99 Å². The second kappa shape index (κ2) is 9.23. The van der Waals surface area contributed by atoms with Gasteiger partial charge in [-0.1, -0.05) is 0 Å². The van der Waals surface area contributed by atoms with Crippen molar-refractivity contribution < 1.29 is 19.1 Å². The van der Waals surface area contributed by atoms with Crippen LogP contribution in [0, 0.1) is 6.92 Å². The van der Waals surface area contributed by atoms with E-state index < -0.39 is 0 Å². The fourth-order valence-corrected chi connectivity index (χ4v) is 4.15. The number of carbonyl (C=O) groups is 2. The van der Waals surface area contributed by atoms with Crippen LogP contribution in [0.2, 0.25) is 0 Å². The van der Waals surface area contributed by atoms with Gasteiger partial charge < -0.3 is 14.0 Å². The molecular formula is C20H20BrN3O4S. The molecule has 0 saturated carbocycles. The lowest BCUT2D eigenvalue weighted by Crippen LogP contribution is -2.24. The number of aromatic nitrogens is 1. The minimum atomic E-state index is -0.383. The highest BCUT2D eigenvalue weighted by Crippen LogP contribution is 2.29. The molecule has 1 aromatic carbocycles. The lowest BCUT2D eigenvalue weighted by atomic mass is 10.1. The van der Waals surface area contributed by atoms with E-state index in [9.17, 15) is 9.59 Å². The Kier molecular flexibility index (Phi) is 6.71. The maximum absolute atomic E-state index is 12.3. The molecular weight excluding hydrogens is 458 g/mol.